The molecule has 3 atom stereocenters. The van der Waals surface area contributed by atoms with E-state index in [2.05, 4.69) is 41.5 Å². The van der Waals surface area contributed by atoms with Gasteiger partial charge in [0.05, 0.1) is 33.1 Å². The fourth-order valence-electron chi connectivity index (χ4n) is 5.57. The van der Waals surface area contributed by atoms with Crippen molar-refractivity contribution in [3.05, 3.63) is 0 Å². The highest BCUT2D eigenvalue weighted by Gasteiger charge is 2.56. The number of aliphatic hydroxyl groups excluding tert-OH is 1. The smallest absolute Gasteiger partial charge is 0.264 e. The van der Waals surface area contributed by atoms with Crippen molar-refractivity contribution in [3.8, 4) is 0 Å². The molecule has 6 nitrogen and oxygen atoms in total. The van der Waals surface area contributed by atoms with E-state index in [1.165, 1.54) is 0 Å². The van der Waals surface area contributed by atoms with Gasteiger partial charge in [-0.25, -0.2) is 0 Å². The van der Waals surface area contributed by atoms with Crippen LogP contribution >= 0.6 is 0 Å². The molecule has 0 spiro atoms. The van der Waals surface area contributed by atoms with Gasteiger partial charge in [0.15, 0.2) is 5.79 Å². The van der Waals surface area contributed by atoms with Gasteiger partial charge in [0.1, 0.15) is 0 Å². The molecule has 0 bridgehead atoms. The maximum atomic E-state index is 11.3. The monoisotopic (exact) mass is 424 g/mol. The Kier molecular flexibility index (Phi) is 8.55. The lowest BCUT2D eigenvalue weighted by Crippen LogP contribution is -2.55. The van der Waals surface area contributed by atoms with Crippen LogP contribution in [0.3, 0.4) is 0 Å². The third-order valence-electron chi connectivity index (χ3n) is 6.16. The molecule has 0 unspecified atom stereocenters. The van der Waals surface area contributed by atoms with E-state index in [0.717, 1.165) is 6.26 Å². The van der Waals surface area contributed by atoms with Crippen LogP contribution in [0.25, 0.3) is 0 Å². The first-order valence-electron chi connectivity index (χ1n) is 9.99. The minimum absolute atomic E-state index is 0.00232. The normalized spacial score (nSPS) is 24.9. The van der Waals surface area contributed by atoms with Crippen LogP contribution in [0.1, 0.15) is 61.8 Å². The molecular formula is C19H40O6SSi. The van der Waals surface area contributed by atoms with E-state index in [-0.39, 0.29) is 31.0 Å². The second kappa shape index (κ2) is 9.22. The van der Waals surface area contributed by atoms with Crippen molar-refractivity contribution < 1.29 is 27.2 Å². The van der Waals surface area contributed by atoms with Gasteiger partial charge >= 0.3 is 0 Å². The van der Waals surface area contributed by atoms with Crippen LogP contribution in [0.2, 0.25) is 22.2 Å². The summed E-state index contributed by atoms with van der Waals surface area (Å²) in [6.45, 7) is 17.4. The van der Waals surface area contributed by atoms with E-state index in [4.69, 9.17) is 13.7 Å². The lowest BCUT2D eigenvalue weighted by molar-refractivity contribution is -0.148. The van der Waals surface area contributed by atoms with E-state index in [1.54, 1.807) is 0 Å². The average Bonchev–Trinajstić information content (AvgIpc) is 2.76. The molecule has 0 aliphatic carbocycles. The minimum Gasteiger partial charge on any atom is -0.396 e. The number of rotatable bonds is 10. The first-order chi connectivity index (χ1) is 12.2. The summed E-state index contributed by atoms with van der Waals surface area (Å²) < 4.78 is 40.0. The van der Waals surface area contributed by atoms with Gasteiger partial charge < -0.3 is 14.6 Å². The van der Waals surface area contributed by atoms with E-state index in [1.807, 2.05) is 13.8 Å². The van der Waals surface area contributed by atoms with Crippen LogP contribution in [0.5, 0.6) is 0 Å². The van der Waals surface area contributed by atoms with Gasteiger partial charge in [0, 0.05) is 18.6 Å². The van der Waals surface area contributed by atoms with Gasteiger partial charge in [-0.1, -0.05) is 58.2 Å². The molecule has 1 aliphatic rings. The Balaban J connectivity index is 3.23. The van der Waals surface area contributed by atoms with Gasteiger partial charge in [0.2, 0.25) is 0 Å². The quantitative estimate of drug-likeness (QED) is 0.423. The topological polar surface area (TPSA) is 82.1 Å². The third-order valence-corrected chi connectivity index (χ3v) is 14.5. The molecule has 0 aromatic rings. The van der Waals surface area contributed by atoms with Crippen molar-refractivity contribution in [2.24, 2.45) is 0 Å². The molecule has 0 amide bonds. The van der Waals surface area contributed by atoms with Crippen LogP contribution in [-0.2, 0) is 23.8 Å². The van der Waals surface area contributed by atoms with Crippen LogP contribution in [0.15, 0.2) is 0 Å². The fraction of sp³-hybridized carbons (Fsp3) is 1.00. The van der Waals surface area contributed by atoms with Crippen molar-refractivity contribution in [1.29, 1.82) is 0 Å². The zero-order valence-electron chi connectivity index (χ0n) is 18.5. The Morgan fingerprint density at radius 2 is 1.52 bits per heavy atom. The second-order valence-corrected chi connectivity index (χ2v) is 17.1. The molecule has 0 aromatic heterocycles. The van der Waals surface area contributed by atoms with Gasteiger partial charge in [0.25, 0.3) is 10.1 Å². The lowest BCUT2D eigenvalue weighted by Gasteiger charge is -2.50. The van der Waals surface area contributed by atoms with Crippen LogP contribution in [0.4, 0.5) is 0 Å². The molecule has 1 N–H and O–H groups in total. The SMILES string of the molecule is CC(C)[Si](C(C)C)(C(C)C)[C@@H](CO)[C@@H]1OC(C)(C)O[C@H]1CCOS(C)(=O)=O. The maximum absolute atomic E-state index is 11.3. The highest BCUT2D eigenvalue weighted by atomic mass is 32.2. The summed E-state index contributed by atoms with van der Waals surface area (Å²) >= 11 is 0. The molecule has 1 rings (SSSR count). The van der Waals surface area contributed by atoms with Gasteiger partial charge in [-0.2, -0.15) is 8.42 Å². The van der Waals surface area contributed by atoms with E-state index >= 15 is 0 Å². The molecule has 1 heterocycles. The molecule has 1 saturated heterocycles. The maximum Gasteiger partial charge on any atom is 0.264 e. The van der Waals surface area contributed by atoms with Gasteiger partial charge in [-0.05, 0) is 13.8 Å². The lowest BCUT2D eigenvalue weighted by atomic mass is 10.1. The fourth-order valence-corrected chi connectivity index (χ4v) is 13.7. The number of ether oxygens (including phenoxy) is 2. The molecule has 162 valence electrons. The Hall–Kier alpha value is 0.00688. The van der Waals surface area contributed by atoms with E-state index < -0.39 is 24.0 Å². The molecule has 27 heavy (non-hydrogen) atoms. The highest BCUT2D eigenvalue weighted by Crippen LogP contribution is 2.53. The highest BCUT2D eigenvalue weighted by molar-refractivity contribution is 7.85. The Bertz CT molecular complexity index is 551. The minimum atomic E-state index is -3.49. The number of hydrogen-bond acceptors (Lipinski definition) is 6. The average molecular weight is 425 g/mol. The first-order valence-corrected chi connectivity index (χ1v) is 14.1. The summed E-state index contributed by atoms with van der Waals surface area (Å²) in [6.07, 6.45) is 0.885. The predicted molar refractivity (Wildman–Crippen MR) is 111 cm³/mol. The molecule has 1 aliphatic heterocycles. The number of hydrogen-bond donors (Lipinski definition) is 1. The Morgan fingerprint density at radius 3 is 1.89 bits per heavy atom. The van der Waals surface area contributed by atoms with E-state index in [9.17, 15) is 13.5 Å². The summed E-state index contributed by atoms with van der Waals surface area (Å²) in [4.78, 5) is 0. The van der Waals surface area contributed by atoms with Crippen molar-refractivity contribution >= 4 is 18.2 Å². The molecule has 8 heteroatoms. The third kappa shape index (κ3) is 5.76. The Morgan fingerprint density at radius 1 is 1.04 bits per heavy atom. The largest absolute Gasteiger partial charge is 0.396 e. The second-order valence-electron chi connectivity index (χ2n) is 9.21. The molecule has 0 aromatic carbocycles. The zero-order valence-corrected chi connectivity index (χ0v) is 20.3. The van der Waals surface area contributed by atoms with Crippen LogP contribution in [0, 0.1) is 0 Å². The summed E-state index contributed by atoms with van der Waals surface area (Å²) in [7, 11) is -5.51. The summed E-state index contributed by atoms with van der Waals surface area (Å²) in [5, 5.41) is 10.5. The summed E-state index contributed by atoms with van der Waals surface area (Å²) in [5.41, 5.74) is 1.40. The molecule has 1 fully saturated rings. The van der Waals surface area contributed by atoms with Gasteiger partial charge in [-0.3, -0.25) is 4.18 Å². The number of aliphatic hydroxyl groups is 1. The Labute approximate surface area is 167 Å². The van der Waals surface area contributed by atoms with Crippen LogP contribution < -0.4 is 0 Å². The van der Waals surface area contributed by atoms with Gasteiger partial charge in [-0.15, -0.1) is 0 Å². The summed E-state index contributed by atoms with van der Waals surface area (Å²) in [6, 6.07) is 0. The standard InChI is InChI=1S/C19H40O6SSi/c1-13(2)27(14(3)4,15(5)6)17(12-20)18-16(24-19(7,8)25-18)10-11-23-26(9,21)22/h13-18,20H,10-12H2,1-9H3/t16-,17-,18+/m0/s1. The van der Waals surface area contributed by atoms with Crippen molar-refractivity contribution in [2.75, 3.05) is 19.5 Å². The summed E-state index contributed by atoms with van der Waals surface area (Å²) in [5.74, 6) is -0.765. The predicted octanol–water partition coefficient (Wildman–Crippen LogP) is 3.91. The first kappa shape index (κ1) is 25.0. The van der Waals surface area contributed by atoms with E-state index in [0.29, 0.717) is 23.0 Å². The van der Waals surface area contributed by atoms with Crippen molar-refractivity contribution in [1.82, 2.24) is 0 Å². The molecule has 0 radical (unpaired) electrons. The molecule has 0 saturated carbocycles. The van der Waals surface area contributed by atoms with Crippen molar-refractivity contribution in [3.63, 3.8) is 0 Å². The zero-order chi connectivity index (χ0) is 21.2. The van der Waals surface area contributed by atoms with Crippen LogP contribution in [-0.4, -0.2) is 59.1 Å². The van der Waals surface area contributed by atoms with Crippen molar-refractivity contribution in [2.45, 2.75) is 102 Å². The molecular weight excluding hydrogens is 384 g/mol.